The molecule has 1 N–H and O–H groups in total. The summed E-state index contributed by atoms with van der Waals surface area (Å²) in [6, 6.07) is 15.2. The summed E-state index contributed by atoms with van der Waals surface area (Å²) < 4.78 is 36.5. The molecule has 0 radical (unpaired) electrons. The van der Waals surface area contributed by atoms with Crippen LogP contribution in [0.1, 0.15) is 34.3 Å². The number of esters is 1. The number of aromatic nitrogens is 3. The van der Waals surface area contributed by atoms with Crippen molar-refractivity contribution in [2.75, 3.05) is 19.0 Å². The molecule has 1 aliphatic rings. The summed E-state index contributed by atoms with van der Waals surface area (Å²) in [6.45, 7) is 0.798. The molecule has 10 nitrogen and oxygen atoms in total. The van der Waals surface area contributed by atoms with Gasteiger partial charge in [-0.2, -0.15) is 0 Å². The van der Waals surface area contributed by atoms with Crippen molar-refractivity contribution >= 4 is 51.8 Å². The Bertz CT molecular complexity index is 2080. The van der Waals surface area contributed by atoms with E-state index < -0.39 is 35.8 Å². The summed E-state index contributed by atoms with van der Waals surface area (Å²) in [5, 5.41) is 3.41. The molecule has 2 aromatic heterocycles. The van der Waals surface area contributed by atoms with Gasteiger partial charge in [0.05, 0.1) is 19.3 Å². The van der Waals surface area contributed by atoms with E-state index in [0.29, 0.717) is 38.2 Å². The predicted octanol–water partition coefficient (Wildman–Crippen LogP) is 6.12. The number of methoxy groups -OCH3 is 1. The van der Waals surface area contributed by atoms with Gasteiger partial charge < -0.3 is 19.5 Å². The molecule has 0 spiro atoms. The summed E-state index contributed by atoms with van der Waals surface area (Å²) in [6.07, 6.45) is 2.74. The molecular formula is C35H28ClF2N5O5. The van der Waals surface area contributed by atoms with Crippen LogP contribution in [-0.2, 0) is 20.9 Å². The number of hydrogen-bond acceptors (Lipinski definition) is 7. The van der Waals surface area contributed by atoms with Gasteiger partial charge in [0, 0.05) is 63.2 Å². The number of benzene rings is 3. The Hall–Kier alpha value is -5.49. The number of carbonyl (C=O) groups excluding carboxylic acids is 4. The first-order valence-corrected chi connectivity index (χ1v) is 15.3. The number of halogens is 3. The van der Waals surface area contributed by atoms with Crippen LogP contribution in [0.25, 0.3) is 33.2 Å². The van der Waals surface area contributed by atoms with Gasteiger partial charge >= 0.3 is 5.97 Å². The number of Topliss-reactive ketones (excluding diaryl/α,β-unsaturated/α-hetero) is 1. The first-order valence-electron chi connectivity index (χ1n) is 14.9. The Morgan fingerprint density at radius 2 is 1.73 bits per heavy atom. The van der Waals surface area contributed by atoms with Gasteiger partial charge in [0.25, 0.3) is 0 Å². The molecule has 0 bridgehead atoms. The Labute approximate surface area is 278 Å². The second-order valence-corrected chi connectivity index (χ2v) is 11.7. The van der Waals surface area contributed by atoms with E-state index in [-0.39, 0.29) is 42.4 Å². The highest BCUT2D eigenvalue weighted by Gasteiger charge is 2.40. The fraction of sp³-hybridized carbons (Fsp3) is 0.200. The molecule has 48 heavy (non-hydrogen) atoms. The molecule has 13 heteroatoms. The fourth-order valence-electron chi connectivity index (χ4n) is 5.84. The maximum absolute atomic E-state index is 15.5. The largest absolute Gasteiger partial charge is 0.463 e. The lowest BCUT2D eigenvalue weighted by atomic mass is 10.0. The number of amides is 2. The van der Waals surface area contributed by atoms with E-state index in [1.54, 1.807) is 59.3 Å². The lowest BCUT2D eigenvalue weighted by Gasteiger charge is -2.24. The first-order chi connectivity index (χ1) is 23.0. The standard InChI is InChI=1S/C35H28ClF2N5O5/c1-19(44)26-17-42(29-11-10-20(12-25(26)29)21-14-39-33(40-15-21)35(47)48-2)18-31(45)43-16-22(37)13-30(43)34(46)41-28-9-5-7-24(32(28)38)23-6-3-4-8-27(23)36/h3-12,14-15,17,22,30H,13,16,18H2,1-2H3,(H,41,46)/t22-,30+/m1/s1. The quantitative estimate of drug-likeness (QED) is 0.156. The van der Waals surface area contributed by atoms with Crippen LogP contribution in [0.5, 0.6) is 0 Å². The van der Waals surface area contributed by atoms with E-state index in [0.717, 1.165) is 4.90 Å². The highest BCUT2D eigenvalue weighted by Crippen LogP contribution is 2.34. The number of fused-ring (bicyclic) bond motifs is 1. The van der Waals surface area contributed by atoms with Crippen LogP contribution in [0.4, 0.5) is 14.5 Å². The second kappa shape index (κ2) is 13.3. The number of hydrogen-bond donors (Lipinski definition) is 1. The SMILES string of the molecule is COC(=O)c1ncc(-c2ccc3c(c2)c(C(C)=O)cn3CC(=O)N2C[C@H](F)C[C@H]2C(=O)Nc2cccc(-c3ccccc3Cl)c2F)cn1. The maximum atomic E-state index is 15.5. The number of carbonyl (C=O) groups is 4. The van der Waals surface area contributed by atoms with Gasteiger partial charge in [-0.1, -0.05) is 48.0 Å². The number of nitrogens with zero attached hydrogens (tertiary/aromatic N) is 4. The maximum Gasteiger partial charge on any atom is 0.376 e. The Kier molecular flexibility index (Phi) is 9.01. The van der Waals surface area contributed by atoms with Crippen LogP contribution in [0, 0.1) is 5.82 Å². The van der Waals surface area contributed by atoms with Crippen molar-refractivity contribution in [1.29, 1.82) is 0 Å². The second-order valence-electron chi connectivity index (χ2n) is 11.3. The Morgan fingerprint density at radius 1 is 1.00 bits per heavy atom. The summed E-state index contributed by atoms with van der Waals surface area (Å²) in [4.78, 5) is 60.5. The summed E-state index contributed by atoms with van der Waals surface area (Å²) in [7, 11) is 1.23. The number of nitrogens with one attached hydrogen (secondary N) is 1. The zero-order valence-corrected chi connectivity index (χ0v) is 26.5. The molecule has 3 aromatic carbocycles. The van der Waals surface area contributed by atoms with Crippen molar-refractivity contribution in [3.8, 4) is 22.3 Å². The number of ketones is 1. The molecule has 1 saturated heterocycles. The van der Waals surface area contributed by atoms with E-state index in [1.807, 2.05) is 0 Å². The number of likely N-dealkylation sites (tertiary alicyclic amines) is 1. The molecule has 3 heterocycles. The van der Waals surface area contributed by atoms with Gasteiger partial charge in [0.15, 0.2) is 11.6 Å². The smallest absolute Gasteiger partial charge is 0.376 e. The van der Waals surface area contributed by atoms with E-state index >= 15 is 4.39 Å². The van der Waals surface area contributed by atoms with Gasteiger partial charge in [-0.25, -0.2) is 23.5 Å². The number of rotatable bonds is 8. The van der Waals surface area contributed by atoms with E-state index in [1.165, 1.54) is 38.6 Å². The number of anilines is 1. The van der Waals surface area contributed by atoms with Crippen LogP contribution in [0.15, 0.2) is 79.3 Å². The van der Waals surface area contributed by atoms with Gasteiger partial charge in [-0.15, -0.1) is 0 Å². The van der Waals surface area contributed by atoms with Crippen LogP contribution in [-0.4, -0.2) is 68.9 Å². The van der Waals surface area contributed by atoms with Gasteiger partial charge in [-0.3, -0.25) is 14.4 Å². The highest BCUT2D eigenvalue weighted by atomic mass is 35.5. The van der Waals surface area contributed by atoms with Crippen LogP contribution in [0.3, 0.4) is 0 Å². The fourth-order valence-corrected chi connectivity index (χ4v) is 6.08. The Balaban J connectivity index is 1.24. The van der Waals surface area contributed by atoms with Gasteiger partial charge in [0.2, 0.25) is 17.6 Å². The van der Waals surface area contributed by atoms with Gasteiger partial charge in [-0.05, 0) is 36.8 Å². The molecule has 5 aromatic rings. The van der Waals surface area contributed by atoms with Crippen LogP contribution in [0.2, 0.25) is 5.02 Å². The van der Waals surface area contributed by atoms with Crippen molar-refractivity contribution in [2.24, 2.45) is 0 Å². The zero-order chi connectivity index (χ0) is 34.1. The minimum atomic E-state index is -1.46. The zero-order valence-electron chi connectivity index (χ0n) is 25.7. The molecule has 0 saturated carbocycles. The van der Waals surface area contributed by atoms with Crippen LogP contribution < -0.4 is 5.32 Å². The van der Waals surface area contributed by atoms with Gasteiger partial charge in [0.1, 0.15) is 18.8 Å². The molecular weight excluding hydrogens is 644 g/mol. The minimum Gasteiger partial charge on any atom is -0.463 e. The number of ether oxygens (including phenoxy) is 1. The lowest BCUT2D eigenvalue weighted by molar-refractivity contribution is -0.137. The van der Waals surface area contributed by atoms with Crippen molar-refractivity contribution in [3.63, 3.8) is 0 Å². The third-order valence-electron chi connectivity index (χ3n) is 8.21. The monoisotopic (exact) mass is 671 g/mol. The van der Waals surface area contributed by atoms with E-state index in [4.69, 9.17) is 11.6 Å². The van der Waals surface area contributed by atoms with Crippen LogP contribution >= 0.6 is 11.6 Å². The van der Waals surface area contributed by atoms with E-state index in [9.17, 15) is 23.6 Å². The average molecular weight is 672 g/mol. The third-order valence-corrected chi connectivity index (χ3v) is 8.54. The molecule has 1 aliphatic heterocycles. The highest BCUT2D eigenvalue weighted by molar-refractivity contribution is 6.33. The summed E-state index contributed by atoms with van der Waals surface area (Å²) in [5.74, 6) is -3.02. The predicted molar refractivity (Wildman–Crippen MR) is 175 cm³/mol. The molecule has 6 rings (SSSR count). The Morgan fingerprint density at radius 3 is 2.44 bits per heavy atom. The number of alkyl halides is 1. The van der Waals surface area contributed by atoms with E-state index in [2.05, 4.69) is 20.0 Å². The summed E-state index contributed by atoms with van der Waals surface area (Å²) >= 11 is 6.26. The topological polar surface area (TPSA) is 123 Å². The third kappa shape index (κ3) is 6.26. The molecule has 0 unspecified atom stereocenters. The molecule has 244 valence electrons. The summed E-state index contributed by atoms with van der Waals surface area (Å²) in [5.41, 5.74) is 2.63. The molecule has 0 aliphatic carbocycles. The molecule has 1 fully saturated rings. The van der Waals surface area contributed by atoms with Crippen molar-refractivity contribution in [3.05, 3.63) is 101 Å². The lowest BCUT2D eigenvalue weighted by Crippen LogP contribution is -2.44. The van der Waals surface area contributed by atoms with Crippen molar-refractivity contribution in [2.45, 2.75) is 32.1 Å². The molecule has 2 amide bonds. The van der Waals surface area contributed by atoms with Crippen molar-refractivity contribution < 1.29 is 32.7 Å². The van der Waals surface area contributed by atoms with Crippen molar-refractivity contribution in [1.82, 2.24) is 19.4 Å². The molecule has 2 atom stereocenters. The normalized spacial score (nSPS) is 15.8. The average Bonchev–Trinajstić information content (AvgIpc) is 3.66. The minimum absolute atomic E-state index is 0.100. The first kappa shape index (κ1) is 32.5.